The Morgan fingerprint density at radius 2 is 2.04 bits per heavy atom. The molecule has 0 saturated carbocycles. The highest BCUT2D eigenvalue weighted by atomic mass is 79.9. The third-order valence-electron chi connectivity index (χ3n) is 3.86. The van der Waals surface area contributed by atoms with Crippen LogP contribution in [-0.4, -0.2) is 24.1 Å². The summed E-state index contributed by atoms with van der Waals surface area (Å²) in [5.74, 6) is -0.791. The molecule has 1 aliphatic rings. The number of carbonyl (C=O) groups excluding carboxylic acids is 1. The van der Waals surface area contributed by atoms with Gasteiger partial charge in [-0.2, -0.15) is 0 Å². The number of halogens is 3. The molecule has 0 bridgehead atoms. The summed E-state index contributed by atoms with van der Waals surface area (Å²) >= 11 is 2.99. The Hall–Kier alpha value is -2.22. The third kappa shape index (κ3) is 4.45. The summed E-state index contributed by atoms with van der Waals surface area (Å²) in [5, 5.41) is 8.02. The first-order valence-corrected chi connectivity index (χ1v) is 8.74. The van der Waals surface area contributed by atoms with E-state index in [-0.39, 0.29) is 4.47 Å². The van der Waals surface area contributed by atoms with Gasteiger partial charge in [0.1, 0.15) is 11.5 Å². The Morgan fingerprint density at radius 1 is 1.28 bits per heavy atom. The van der Waals surface area contributed by atoms with Crippen molar-refractivity contribution in [3.05, 3.63) is 51.6 Å². The van der Waals surface area contributed by atoms with E-state index >= 15 is 0 Å². The van der Waals surface area contributed by atoms with Crippen molar-refractivity contribution < 1.29 is 13.6 Å². The number of nitrogens with zero attached hydrogens (tertiary/aromatic N) is 1. The van der Waals surface area contributed by atoms with Gasteiger partial charge < -0.3 is 16.0 Å². The van der Waals surface area contributed by atoms with Gasteiger partial charge in [-0.1, -0.05) is 22.0 Å². The number of aromatic nitrogens is 1. The van der Waals surface area contributed by atoms with Gasteiger partial charge in [0.2, 0.25) is 0 Å². The number of carbonyl (C=O) groups is 1. The molecule has 0 atom stereocenters. The summed E-state index contributed by atoms with van der Waals surface area (Å²) in [4.78, 5) is 16.3. The maximum Gasteiger partial charge on any atom is 0.319 e. The maximum absolute atomic E-state index is 13.7. The average Bonchev–Trinajstić information content (AvgIpc) is 2.58. The predicted octanol–water partition coefficient (Wildman–Crippen LogP) is 3.84. The summed E-state index contributed by atoms with van der Waals surface area (Å²) in [5.41, 5.74) is 1.56. The monoisotopic (exact) mass is 410 g/mol. The first kappa shape index (κ1) is 17.6. The molecule has 1 aliphatic heterocycles. The van der Waals surface area contributed by atoms with Crippen LogP contribution in [0.2, 0.25) is 0 Å². The van der Waals surface area contributed by atoms with E-state index in [0.29, 0.717) is 13.0 Å². The number of hydrogen-bond acceptors (Lipinski definition) is 3. The fraction of sp³-hybridized carbons (Fsp3) is 0.294. The summed E-state index contributed by atoms with van der Waals surface area (Å²) in [6, 6.07) is 5.47. The lowest BCUT2D eigenvalue weighted by Crippen LogP contribution is -2.31. The molecule has 8 heteroatoms. The molecule has 0 unspecified atom stereocenters. The van der Waals surface area contributed by atoms with Crippen LogP contribution in [-0.2, 0) is 12.8 Å². The SMILES string of the molecule is O=C(NCCc1ccc2c(n1)NCCC2)Nc1c(F)cc(Br)cc1F. The van der Waals surface area contributed by atoms with Gasteiger partial charge in [0.25, 0.3) is 0 Å². The topological polar surface area (TPSA) is 66.0 Å². The molecule has 3 N–H and O–H groups in total. The molecular formula is C17H17BrF2N4O. The van der Waals surface area contributed by atoms with E-state index in [1.54, 1.807) is 0 Å². The quantitative estimate of drug-likeness (QED) is 0.716. The Morgan fingerprint density at radius 3 is 2.80 bits per heavy atom. The van der Waals surface area contributed by atoms with E-state index < -0.39 is 23.4 Å². The van der Waals surface area contributed by atoms with Crippen molar-refractivity contribution in [1.82, 2.24) is 10.3 Å². The average molecular weight is 411 g/mol. The molecule has 1 aromatic carbocycles. The number of nitrogens with one attached hydrogen (secondary N) is 3. The molecule has 25 heavy (non-hydrogen) atoms. The van der Waals surface area contributed by atoms with Crippen LogP contribution < -0.4 is 16.0 Å². The van der Waals surface area contributed by atoms with Crippen LogP contribution in [0, 0.1) is 11.6 Å². The molecule has 1 aromatic heterocycles. The van der Waals surface area contributed by atoms with E-state index in [0.717, 1.165) is 43.0 Å². The summed E-state index contributed by atoms with van der Waals surface area (Å²) < 4.78 is 27.6. The summed E-state index contributed by atoms with van der Waals surface area (Å²) in [7, 11) is 0. The highest BCUT2D eigenvalue weighted by Crippen LogP contribution is 2.23. The van der Waals surface area contributed by atoms with Gasteiger partial charge in [0.15, 0.2) is 11.6 Å². The highest BCUT2D eigenvalue weighted by molar-refractivity contribution is 9.10. The molecule has 2 heterocycles. The van der Waals surface area contributed by atoms with Gasteiger partial charge in [0.05, 0.1) is 0 Å². The maximum atomic E-state index is 13.7. The molecule has 0 spiro atoms. The molecule has 0 saturated heterocycles. The number of rotatable bonds is 4. The van der Waals surface area contributed by atoms with Gasteiger partial charge in [-0.3, -0.25) is 0 Å². The number of urea groups is 1. The number of hydrogen-bond donors (Lipinski definition) is 3. The lowest BCUT2D eigenvalue weighted by molar-refractivity contribution is 0.252. The predicted molar refractivity (Wildman–Crippen MR) is 95.8 cm³/mol. The van der Waals surface area contributed by atoms with E-state index in [4.69, 9.17) is 0 Å². The zero-order valence-corrected chi connectivity index (χ0v) is 14.9. The van der Waals surface area contributed by atoms with E-state index in [1.165, 1.54) is 5.56 Å². The number of benzene rings is 1. The number of pyridine rings is 1. The van der Waals surface area contributed by atoms with Crippen molar-refractivity contribution in [3.63, 3.8) is 0 Å². The molecular weight excluding hydrogens is 394 g/mol. The summed E-state index contributed by atoms with van der Waals surface area (Å²) in [6.45, 7) is 1.21. The molecule has 0 radical (unpaired) electrons. The largest absolute Gasteiger partial charge is 0.370 e. The van der Waals surface area contributed by atoms with Crippen molar-refractivity contribution in [2.24, 2.45) is 0 Å². The second kappa shape index (κ2) is 7.77. The molecule has 0 aliphatic carbocycles. The van der Waals surface area contributed by atoms with Crippen LogP contribution in [0.5, 0.6) is 0 Å². The minimum Gasteiger partial charge on any atom is -0.370 e. The smallest absolute Gasteiger partial charge is 0.319 e. The number of amides is 2. The minimum absolute atomic E-state index is 0.264. The Kier molecular flexibility index (Phi) is 5.47. The van der Waals surface area contributed by atoms with Crippen LogP contribution in [0.3, 0.4) is 0 Å². The number of fused-ring (bicyclic) bond motifs is 1. The third-order valence-corrected chi connectivity index (χ3v) is 4.32. The van der Waals surface area contributed by atoms with E-state index in [1.807, 2.05) is 12.1 Å². The van der Waals surface area contributed by atoms with Gasteiger partial charge in [-0.05, 0) is 36.6 Å². The second-order valence-corrected chi connectivity index (χ2v) is 6.63. The molecule has 132 valence electrons. The normalized spacial score (nSPS) is 12.9. The standard InChI is InChI=1S/C17H17BrF2N4O/c18-11-8-13(19)15(14(20)9-11)24-17(25)22-7-5-12-4-3-10-2-1-6-21-16(10)23-12/h3-4,8-9H,1-2,5-7H2,(H,21,23)(H2,22,24,25). The zero-order chi connectivity index (χ0) is 17.8. The number of aryl methyl sites for hydroxylation is 1. The van der Waals surface area contributed by atoms with Crippen LogP contribution in [0.15, 0.2) is 28.7 Å². The first-order chi connectivity index (χ1) is 12.0. The van der Waals surface area contributed by atoms with Crippen molar-refractivity contribution in [1.29, 1.82) is 0 Å². The van der Waals surface area contributed by atoms with Gasteiger partial charge in [0, 0.05) is 29.7 Å². The fourth-order valence-electron chi connectivity index (χ4n) is 2.63. The Bertz CT molecular complexity index is 777. The molecule has 0 fully saturated rings. The molecule has 2 amide bonds. The van der Waals surface area contributed by atoms with Crippen molar-refractivity contribution in [2.45, 2.75) is 19.3 Å². The molecule has 3 rings (SSSR count). The van der Waals surface area contributed by atoms with Gasteiger partial charge in [-0.15, -0.1) is 0 Å². The second-order valence-electron chi connectivity index (χ2n) is 5.72. The fourth-order valence-corrected chi connectivity index (χ4v) is 3.03. The van der Waals surface area contributed by atoms with Crippen LogP contribution >= 0.6 is 15.9 Å². The van der Waals surface area contributed by atoms with E-state index in [2.05, 4.69) is 36.9 Å². The van der Waals surface area contributed by atoms with Crippen molar-refractivity contribution in [3.8, 4) is 0 Å². The van der Waals surface area contributed by atoms with Crippen LogP contribution in [0.25, 0.3) is 0 Å². The van der Waals surface area contributed by atoms with Gasteiger partial charge >= 0.3 is 6.03 Å². The zero-order valence-electron chi connectivity index (χ0n) is 13.3. The van der Waals surface area contributed by atoms with Crippen molar-refractivity contribution >= 4 is 33.5 Å². The van der Waals surface area contributed by atoms with Crippen molar-refractivity contribution in [2.75, 3.05) is 23.7 Å². The molecule has 5 nitrogen and oxygen atoms in total. The van der Waals surface area contributed by atoms with Gasteiger partial charge in [-0.25, -0.2) is 18.6 Å². The summed E-state index contributed by atoms with van der Waals surface area (Å²) in [6.07, 6.45) is 2.63. The van der Waals surface area contributed by atoms with Crippen LogP contribution in [0.1, 0.15) is 17.7 Å². The number of anilines is 2. The van der Waals surface area contributed by atoms with Crippen LogP contribution in [0.4, 0.5) is 25.1 Å². The lowest BCUT2D eigenvalue weighted by atomic mass is 10.1. The molecule has 2 aromatic rings. The van der Waals surface area contributed by atoms with E-state index in [9.17, 15) is 13.6 Å². The highest BCUT2D eigenvalue weighted by Gasteiger charge is 2.14. The Labute approximate surface area is 152 Å². The minimum atomic E-state index is -0.843. The lowest BCUT2D eigenvalue weighted by Gasteiger charge is -2.17. The first-order valence-electron chi connectivity index (χ1n) is 7.95. The Balaban J connectivity index is 1.53.